The maximum Gasteiger partial charge on any atom is 0.174 e. The van der Waals surface area contributed by atoms with Crippen LogP contribution in [0.1, 0.15) is 23.8 Å². The number of methoxy groups -OCH3 is 1. The molecule has 0 atom stereocenters. The second-order valence-corrected chi connectivity index (χ2v) is 7.00. The molecule has 6 heteroatoms. The van der Waals surface area contributed by atoms with Gasteiger partial charge in [0, 0.05) is 12.1 Å². The van der Waals surface area contributed by atoms with E-state index in [0.717, 1.165) is 34.1 Å². The van der Waals surface area contributed by atoms with E-state index in [2.05, 4.69) is 11.4 Å². The molecule has 0 bridgehead atoms. The number of hydrogen-bond donors (Lipinski definition) is 1. The van der Waals surface area contributed by atoms with Crippen molar-refractivity contribution in [2.45, 2.75) is 26.9 Å². The molecular weight excluding hydrogens is 384 g/mol. The van der Waals surface area contributed by atoms with Gasteiger partial charge < -0.3 is 24.1 Å². The molecule has 152 valence electrons. The van der Waals surface area contributed by atoms with E-state index in [0.29, 0.717) is 24.8 Å². The van der Waals surface area contributed by atoms with E-state index in [4.69, 9.17) is 26.1 Å². The Morgan fingerprint density at radius 2 is 1.90 bits per heavy atom. The number of benzene rings is 2. The monoisotopic (exact) mass is 410 g/mol. The molecule has 0 amide bonds. The second-order valence-electron chi connectivity index (χ2n) is 6.61. The van der Waals surface area contributed by atoms with E-state index in [-0.39, 0.29) is 0 Å². The normalized spacial score (nSPS) is 10.4. The number of thiocarbonyl (C=S) groups is 1. The lowest BCUT2D eigenvalue weighted by Gasteiger charge is -2.26. The van der Waals surface area contributed by atoms with Crippen LogP contribution in [0, 0.1) is 6.92 Å². The fourth-order valence-electron chi connectivity index (χ4n) is 3.04. The maximum atomic E-state index is 5.79. The van der Waals surface area contributed by atoms with Gasteiger partial charge in [0.2, 0.25) is 0 Å². The summed E-state index contributed by atoms with van der Waals surface area (Å²) in [7, 11) is 1.65. The van der Waals surface area contributed by atoms with Crippen molar-refractivity contribution in [3.05, 3.63) is 77.7 Å². The van der Waals surface area contributed by atoms with Crippen LogP contribution in [0.5, 0.6) is 11.5 Å². The van der Waals surface area contributed by atoms with Crippen molar-refractivity contribution in [1.82, 2.24) is 4.90 Å². The molecule has 29 heavy (non-hydrogen) atoms. The summed E-state index contributed by atoms with van der Waals surface area (Å²) >= 11 is 5.77. The molecule has 0 saturated heterocycles. The van der Waals surface area contributed by atoms with Crippen molar-refractivity contribution in [1.29, 1.82) is 0 Å². The summed E-state index contributed by atoms with van der Waals surface area (Å²) in [6.07, 6.45) is 1.67. The minimum Gasteiger partial charge on any atom is -0.495 e. The van der Waals surface area contributed by atoms with Gasteiger partial charge in [-0.2, -0.15) is 0 Å². The summed E-state index contributed by atoms with van der Waals surface area (Å²) in [6.45, 7) is 5.74. The quantitative estimate of drug-likeness (QED) is 0.502. The van der Waals surface area contributed by atoms with Gasteiger partial charge in [0.25, 0.3) is 0 Å². The molecule has 1 aromatic heterocycles. The largest absolute Gasteiger partial charge is 0.495 e. The second kappa shape index (κ2) is 9.98. The van der Waals surface area contributed by atoms with Gasteiger partial charge in [-0.1, -0.05) is 24.3 Å². The molecule has 2 aromatic carbocycles. The highest BCUT2D eigenvalue weighted by Gasteiger charge is 2.17. The standard InChI is InChI=1S/C23H26N2O3S/c1-4-27-21-10-6-5-8-18(21)15-25(16-19-9-7-13-28-19)23(29)24-20-14-17(2)11-12-22(20)26-3/h5-14H,4,15-16H2,1-3H3,(H,24,29). The fourth-order valence-corrected chi connectivity index (χ4v) is 3.28. The number of nitrogens with one attached hydrogen (secondary N) is 1. The molecule has 0 aliphatic carbocycles. The number of aryl methyl sites for hydroxylation is 1. The van der Waals surface area contributed by atoms with Crippen molar-refractivity contribution in [3.63, 3.8) is 0 Å². The molecular formula is C23H26N2O3S. The first-order valence-electron chi connectivity index (χ1n) is 9.54. The van der Waals surface area contributed by atoms with E-state index in [1.807, 2.05) is 67.3 Å². The molecule has 5 nitrogen and oxygen atoms in total. The Bertz CT molecular complexity index is 941. The zero-order valence-electron chi connectivity index (χ0n) is 17.0. The first kappa shape index (κ1) is 20.7. The Balaban J connectivity index is 1.85. The summed E-state index contributed by atoms with van der Waals surface area (Å²) in [4.78, 5) is 2.05. The van der Waals surface area contributed by atoms with Crippen LogP contribution in [0.2, 0.25) is 0 Å². The molecule has 0 saturated carbocycles. The lowest BCUT2D eigenvalue weighted by molar-refractivity contribution is 0.320. The van der Waals surface area contributed by atoms with Gasteiger partial charge in [-0.25, -0.2) is 0 Å². The Morgan fingerprint density at radius 3 is 2.62 bits per heavy atom. The van der Waals surface area contributed by atoms with E-state index in [1.54, 1.807) is 13.4 Å². The number of hydrogen-bond acceptors (Lipinski definition) is 4. The predicted octanol–water partition coefficient (Wildman–Crippen LogP) is 5.39. The summed E-state index contributed by atoms with van der Waals surface area (Å²) in [6, 6.07) is 17.8. The van der Waals surface area contributed by atoms with E-state index in [1.165, 1.54) is 0 Å². The number of furan rings is 1. The first-order valence-corrected chi connectivity index (χ1v) is 9.95. The molecule has 0 aliphatic rings. The third kappa shape index (κ3) is 5.51. The maximum absolute atomic E-state index is 5.79. The van der Waals surface area contributed by atoms with Crippen LogP contribution in [0.3, 0.4) is 0 Å². The Hall–Kier alpha value is -2.99. The average Bonchev–Trinajstić information content (AvgIpc) is 3.22. The van der Waals surface area contributed by atoms with Gasteiger partial charge >= 0.3 is 0 Å². The van der Waals surface area contributed by atoms with Crippen LogP contribution in [0.4, 0.5) is 5.69 Å². The summed E-state index contributed by atoms with van der Waals surface area (Å²) in [5.74, 6) is 2.43. The van der Waals surface area contributed by atoms with Crippen LogP contribution < -0.4 is 14.8 Å². The number of ether oxygens (including phenoxy) is 2. The highest BCUT2D eigenvalue weighted by Crippen LogP contribution is 2.27. The number of anilines is 1. The zero-order chi connectivity index (χ0) is 20.6. The predicted molar refractivity (Wildman–Crippen MR) is 120 cm³/mol. The van der Waals surface area contributed by atoms with Gasteiger partial charge in [0.15, 0.2) is 5.11 Å². The molecule has 0 unspecified atom stereocenters. The summed E-state index contributed by atoms with van der Waals surface area (Å²) < 4.78 is 16.8. The Morgan fingerprint density at radius 1 is 1.07 bits per heavy atom. The van der Waals surface area contributed by atoms with Crippen LogP contribution in [-0.4, -0.2) is 23.7 Å². The molecule has 0 aliphatic heterocycles. The molecule has 0 fully saturated rings. The van der Waals surface area contributed by atoms with E-state index in [9.17, 15) is 0 Å². The summed E-state index contributed by atoms with van der Waals surface area (Å²) in [5.41, 5.74) is 3.01. The zero-order valence-corrected chi connectivity index (χ0v) is 17.8. The van der Waals surface area contributed by atoms with Crippen LogP contribution in [0.25, 0.3) is 0 Å². The minimum absolute atomic E-state index is 0.535. The van der Waals surface area contributed by atoms with Gasteiger partial charge in [0.05, 0.1) is 32.2 Å². The highest BCUT2D eigenvalue weighted by molar-refractivity contribution is 7.80. The lowest BCUT2D eigenvalue weighted by Crippen LogP contribution is -2.34. The van der Waals surface area contributed by atoms with E-state index < -0.39 is 0 Å². The summed E-state index contributed by atoms with van der Waals surface area (Å²) in [5, 5.41) is 3.92. The molecule has 1 heterocycles. The molecule has 3 aromatic rings. The molecule has 0 radical (unpaired) electrons. The third-order valence-corrected chi connectivity index (χ3v) is 4.80. The van der Waals surface area contributed by atoms with Crippen molar-refractivity contribution in [3.8, 4) is 11.5 Å². The topological polar surface area (TPSA) is 46.9 Å². The minimum atomic E-state index is 0.535. The SMILES string of the molecule is CCOc1ccccc1CN(Cc1ccco1)C(=S)Nc1cc(C)ccc1OC. The lowest BCUT2D eigenvalue weighted by atomic mass is 10.2. The van der Waals surface area contributed by atoms with Crippen molar-refractivity contribution in [2.75, 3.05) is 19.0 Å². The van der Waals surface area contributed by atoms with Crippen LogP contribution in [0.15, 0.2) is 65.3 Å². The number of nitrogens with zero attached hydrogens (tertiary/aromatic N) is 1. The Labute approximate surface area is 177 Å². The van der Waals surface area contributed by atoms with Crippen molar-refractivity contribution < 1.29 is 13.9 Å². The highest BCUT2D eigenvalue weighted by atomic mass is 32.1. The smallest absolute Gasteiger partial charge is 0.174 e. The van der Waals surface area contributed by atoms with Crippen LogP contribution in [-0.2, 0) is 13.1 Å². The molecule has 3 rings (SSSR count). The van der Waals surface area contributed by atoms with Gasteiger partial charge in [-0.05, 0) is 62.0 Å². The van der Waals surface area contributed by atoms with Gasteiger partial charge in [0.1, 0.15) is 17.3 Å². The van der Waals surface area contributed by atoms with Crippen LogP contribution >= 0.6 is 12.2 Å². The first-order chi connectivity index (χ1) is 14.1. The van der Waals surface area contributed by atoms with Crippen molar-refractivity contribution >= 4 is 23.0 Å². The van der Waals surface area contributed by atoms with Crippen molar-refractivity contribution in [2.24, 2.45) is 0 Å². The molecule has 1 N–H and O–H groups in total. The average molecular weight is 411 g/mol. The third-order valence-electron chi connectivity index (χ3n) is 4.44. The van der Waals surface area contributed by atoms with Gasteiger partial charge in [-0.15, -0.1) is 0 Å². The number of rotatable bonds is 8. The Kier molecular flexibility index (Phi) is 7.14. The van der Waals surface area contributed by atoms with Gasteiger partial charge in [-0.3, -0.25) is 0 Å². The van der Waals surface area contributed by atoms with E-state index >= 15 is 0 Å². The fraction of sp³-hybridized carbons (Fsp3) is 0.261. The number of para-hydroxylation sites is 1. The molecule has 0 spiro atoms.